The zero-order valence-corrected chi connectivity index (χ0v) is 20.5. The van der Waals surface area contributed by atoms with E-state index in [1.165, 1.54) is 0 Å². The van der Waals surface area contributed by atoms with Gasteiger partial charge in [-0.05, 0) is 44.2 Å². The number of nitrogens with zero attached hydrogens (tertiary/aromatic N) is 4. The minimum absolute atomic E-state index is 0.0607. The van der Waals surface area contributed by atoms with E-state index in [2.05, 4.69) is 15.6 Å². The zero-order chi connectivity index (χ0) is 23.8. The maximum absolute atomic E-state index is 11.7. The fraction of sp³-hybridized carbons (Fsp3) is 0.455. The van der Waals surface area contributed by atoms with Crippen LogP contribution >= 0.6 is 34.8 Å². The average Bonchev–Trinajstić information content (AvgIpc) is 3.43. The molecule has 0 radical (unpaired) electrons. The molecule has 1 saturated carbocycles. The smallest absolute Gasteiger partial charge is 0.225 e. The van der Waals surface area contributed by atoms with Crippen molar-refractivity contribution in [2.45, 2.75) is 44.2 Å². The fourth-order valence-corrected chi connectivity index (χ4v) is 5.53. The van der Waals surface area contributed by atoms with Crippen LogP contribution in [0.5, 0.6) is 0 Å². The highest BCUT2D eigenvalue weighted by Crippen LogP contribution is 2.40. The number of ether oxygens (including phenoxy) is 1. The number of anilines is 3. The number of imidazole rings is 1. The number of hydrogen-bond donors (Lipinski definition) is 3. The van der Waals surface area contributed by atoms with Crippen molar-refractivity contribution < 1.29 is 9.53 Å². The van der Waals surface area contributed by atoms with Gasteiger partial charge in [-0.3, -0.25) is 9.36 Å². The van der Waals surface area contributed by atoms with Crippen LogP contribution in [-0.2, 0) is 9.53 Å². The zero-order valence-electron chi connectivity index (χ0n) is 18.2. The van der Waals surface area contributed by atoms with E-state index < -0.39 is 0 Å². The van der Waals surface area contributed by atoms with Gasteiger partial charge in [-0.1, -0.05) is 34.8 Å². The van der Waals surface area contributed by atoms with Crippen LogP contribution in [0.25, 0.3) is 11.2 Å². The summed E-state index contributed by atoms with van der Waals surface area (Å²) in [7, 11) is 0. The van der Waals surface area contributed by atoms with E-state index in [0.29, 0.717) is 63.3 Å². The molecule has 2 aromatic heterocycles. The highest BCUT2D eigenvalue weighted by molar-refractivity contribution is 6.41. The van der Waals surface area contributed by atoms with E-state index >= 15 is 0 Å². The number of amides is 1. The number of benzene rings is 1. The Hall–Kier alpha value is -2.33. The molecule has 1 atom stereocenters. The first-order valence-corrected chi connectivity index (χ1v) is 12.3. The molecule has 1 aromatic carbocycles. The van der Waals surface area contributed by atoms with E-state index in [9.17, 15) is 4.79 Å². The maximum Gasteiger partial charge on any atom is 0.225 e. The molecule has 1 aliphatic carbocycles. The first-order chi connectivity index (χ1) is 16.4. The molecule has 0 spiro atoms. The Labute approximate surface area is 211 Å². The Morgan fingerprint density at radius 3 is 2.47 bits per heavy atom. The third-order valence-electron chi connectivity index (χ3n) is 6.40. The van der Waals surface area contributed by atoms with Gasteiger partial charge in [0.05, 0.1) is 34.6 Å². The molecular formula is C22H24Cl3N7O2. The number of fused-ring (bicyclic) bond motifs is 1. The summed E-state index contributed by atoms with van der Waals surface area (Å²) < 4.78 is 7.50. The number of aromatic nitrogens is 4. The SMILES string of the molecule is NC(=O)[C@H]1CC[C@@H](n2c(Nc3c(Cl)cc(Cl)cc3Cl)nc3cnc(N[C@H]4CCOC4)nc32)CC1. The van der Waals surface area contributed by atoms with Gasteiger partial charge in [0.1, 0.15) is 5.52 Å². The molecule has 0 unspecified atom stereocenters. The third-order valence-corrected chi connectivity index (χ3v) is 7.22. The lowest BCUT2D eigenvalue weighted by molar-refractivity contribution is -0.122. The molecule has 3 heterocycles. The Balaban J connectivity index is 1.54. The fourth-order valence-electron chi connectivity index (χ4n) is 4.62. The van der Waals surface area contributed by atoms with Crippen molar-refractivity contribution in [3.63, 3.8) is 0 Å². The van der Waals surface area contributed by atoms with Crippen molar-refractivity contribution in [1.82, 2.24) is 19.5 Å². The predicted octanol–water partition coefficient (Wildman–Crippen LogP) is 4.95. The number of nitrogens with two attached hydrogens (primary N) is 1. The Bertz CT molecular complexity index is 1200. The molecule has 4 N–H and O–H groups in total. The van der Waals surface area contributed by atoms with Crippen molar-refractivity contribution in [2.24, 2.45) is 11.7 Å². The summed E-state index contributed by atoms with van der Waals surface area (Å²) in [6, 6.07) is 3.47. The van der Waals surface area contributed by atoms with Gasteiger partial charge in [-0.25, -0.2) is 9.97 Å². The number of halogens is 3. The largest absolute Gasteiger partial charge is 0.379 e. The number of nitrogens with one attached hydrogen (secondary N) is 2. The van der Waals surface area contributed by atoms with Crippen LogP contribution in [-0.4, -0.2) is 44.7 Å². The summed E-state index contributed by atoms with van der Waals surface area (Å²) in [5.41, 5.74) is 7.37. The van der Waals surface area contributed by atoms with Gasteiger partial charge in [-0.15, -0.1) is 0 Å². The number of carbonyl (C=O) groups excluding carboxylic acids is 1. The lowest BCUT2D eigenvalue weighted by Crippen LogP contribution is -2.29. The second-order valence-electron chi connectivity index (χ2n) is 8.69. The molecule has 2 aliphatic rings. The van der Waals surface area contributed by atoms with Crippen LogP contribution in [0, 0.1) is 5.92 Å². The molecule has 1 saturated heterocycles. The number of primary amides is 1. The lowest BCUT2D eigenvalue weighted by atomic mass is 9.85. The van der Waals surface area contributed by atoms with Crippen molar-refractivity contribution in [3.8, 4) is 0 Å². The Kier molecular flexibility index (Phi) is 6.70. The predicted molar refractivity (Wildman–Crippen MR) is 133 cm³/mol. The van der Waals surface area contributed by atoms with Gasteiger partial charge < -0.3 is 21.1 Å². The molecule has 12 heteroatoms. The normalized spacial score (nSPS) is 22.7. The molecule has 9 nitrogen and oxygen atoms in total. The second-order valence-corrected chi connectivity index (χ2v) is 9.94. The molecule has 180 valence electrons. The molecule has 1 aliphatic heterocycles. The molecule has 34 heavy (non-hydrogen) atoms. The lowest BCUT2D eigenvalue weighted by Gasteiger charge is -2.29. The van der Waals surface area contributed by atoms with E-state index in [1.807, 2.05) is 4.57 Å². The summed E-state index contributed by atoms with van der Waals surface area (Å²) in [5, 5.41) is 7.82. The first-order valence-electron chi connectivity index (χ1n) is 11.2. The number of rotatable bonds is 6. The molecule has 5 rings (SSSR count). The van der Waals surface area contributed by atoms with E-state index in [4.69, 9.17) is 55.2 Å². The van der Waals surface area contributed by atoms with Crippen LogP contribution in [0.3, 0.4) is 0 Å². The van der Waals surface area contributed by atoms with Crippen LogP contribution in [0.1, 0.15) is 38.1 Å². The van der Waals surface area contributed by atoms with Gasteiger partial charge in [0.15, 0.2) is 5.65 Å². The summed E-state index contributed by atoms with van der Waals surface area (Å²) in [6.07, 6.45) is 5.53. The highest BCUT2D eigenvalue weighted by atomic mass is 35.5. The number of carbonyl (C=O) groups is 1. The highest BCUT2D eigenvalue weighted by Gasteiger charge is 2.29. The second kappa shape index (κ2) is 9.73. The van der Waals surface area contributed by atoms with Crippen LogP contribution in [0.15, 0.2) is 18.3 Å². The van der Waals surface area contributed by atoms with Gasteiger partial charge in [-0.2, -0.15) is 4.98 Å². The van der Waals surface area contributed by atoms with E-state index in [0.717, 1.165) is 25.9 Å². The topological polar surface area (TPSA) is 120 Å². The van der Waals surface area contributed by atoms with Gasteiger partial charge in [0.2, 0.25) is 17.8 Å². The summed E-state index contributed by atoms with van der Waals surface area (Å²) >= 11 is 18.9. The van der Waals surface area contributed by atoms with E-state index in [1.54, 1.807) is 18.3 Å². The van der Waals surface area contributed by atoms with Crippen molar-refractivity contribution >= 4 is 69.5 Å². The van der Waals surface area contributed by atoms with Crippen molar-refractivity contribution in [2.75, 3.05) is 23.8 Å². The monoisotopic (exact) mass is 523 g/mol. The van der Waals surface area contributed by atoms with E-state index in [-0.39, 0.29) is 23.9 Å². The molecule has 2 fully saturated rings. The minimum Gasteiger partial charge on any atom is -0.379 e. The maximum atomic E-state index is 11.7. The molecule has 3 aromatic rings. The van der Waals surface area contributed by atoms with Gasteiger partial charge >= 0.3 is 0 Å². The van der Waals surface area contributed by atoms with Crippen molar-refractivity contribution in [1.29, 1.82) is 0 Å². The van der Waals surface area contributed by atoms with Crippen LogP contribution in [0.2, 0.25) is 15.1 Å². The third kappa shape index (κ3) is 4.75. The van der Waals surface area contributed by atoms with Crippen LogP contribution < -0.4 is 16.4 Å². The standard InChI is InChI=1S/C22H24Cl3N7O2/c23-12-7-15(24)18(16(25)8-12)30-22-29-17-9-27-21(28-13-5-6-34-10-13)31-20(17)32(22)14-3-1-11(2-4-14)19(26)33/h7-9,11,13-14H,1-6,10H2,(H2,26,33)(H,29,30)(H,27,28,31)/t11-,13-,14+/m0/s1. The summed E-state index contributed by atoms with van der Waals surface area (Å²) in [4.78, 5) is 25.7. The molecule has 1 amide bonds. The minimum atomic E-state index is -0.250. The average molecular weight is 525 g/mol. The van der Waals surface area contributed by atoms with Gasteiger partial charge in [0.25, 0.3) is 0 Å². The Morgan fingerprint density at radius 2 is 1.82 bits per heavy atom. The molecule has 0 bridgehead atoms. The van der Waals surface area contributed by atoms with Gasteiger partial charge in [0, 0.05) is 23.6 Å². The van der Waals surface area contributed by atoms with Crippen molar-refractivity contribution in [3.05, 3.63) is 33.4 Å². The summed E-state index contributed by atoms with van der Waals surface area (Å²) in [5.74, 6) is 0.694. The Morgan fingerprint density at radius 1 is 1.09 bits per heavy atom. The quantitative estimate of drug-likeness (QED) is 0.417. The summed E-state index contributed by atoms with van der Waals surface area (Å²) in [6.45, 7) is 1.34. The molecular weight excluding hydrogens is 501 g/mol. The van der Waals surface area contributed by atoms with Crippen LogP contribution in [0.4, 0.5) is 17.6 Å². The number of hydrogen-bond acceptors (Lipinski definition) is 7. The first kappa shape index (κ1) is 23.4.